The van der Waals surface area contributed by atoms with Gasteiger partial charge in [-0.1, -0.05) is 91.5 Å². The molecule has 3 heteroatoms. The molecule has 0 aliphatic carbocycles. The molecule has 8 rings (SSSR count). The summed E-state index contributed by atoms with van der Waals surface area (Å²) in [6.07, 6.45) is 6.04. The van der Waals surface area contributed by atoms with E-state index in [1.165, 1.54) is 79.0 Å². The van der Waals surface area contributed by atoms with Crippen molar-refractivity contribution in [1.82, 2.24) is 4.57 Å². The smallest absolute Gasteiger partial charge is 0.0726 e. The van der Waals surface area contributed by atoms with Crippen molar-refractivity contribution < 1.29 is 0 Å². The Hall–Kier alpha value is -4.18. The monoisotopic (exact) mass is 521 g/mol. The summed E-state index contributed by atoms with van der Waals surface area (Å²) >= 11 is 3.78. The third kappa shape index (κ3) is 2.92. The average molecular weight is 522 g/mol. The van der Waals surface area contributed by atoms with Gasteiger partial charge < -0.3 is 4.57 Å². The lowest BCUT2D eigenvalue weighted by Crippen LogP contribution is -1.93. The molecule has 3 heterocycles. The summed E-state index contributed by atoms with van der Waals surface area (Å²) in [5, 5.41) is 9.29. The molecular weight excluding hydrogens is 499 g/mol. The number of rotatable bonds is 3. The first-order valence-electron chi connectivity index (χ1n) is 12.8. The van der Waals surface area contributed by atoms with E-state index in [0.717, 1.165) is 0 Å². The molecule has 0 atom stereocenters. The van der Waals surface area contributed by atoms with Crippen LogP contribution in [0.25, 0.3) is 74.6 Å². The van der Waals surface area contributed by atoms with E-state index in [0.29, 0.717) is 0 Å². The van der Waals surface area contributed by atoms with Gasteiger partial charge in [0.2, 0.25) is 0 Å². The zero-order valence-corrected chi connectivity index (χ0v) is 22.5. The standard InChI is InChI=1S/C35H23NS2/c1-3-4-11-23-21(2)37-31-20-22(18-19-24(23)31)36-29-16-9-7-14-27(29)32-25-12-5-6-13-26(25)33-28-15-8-10-17-30(28)38-35(33)34(32)36/h3-20H,1H2,2H3/b11-4-. The highest BCUT2D eigenvalue weighted by molar-refractivity contribution is 7.27. The number of aromatic nitrogens is 1. The molecule has 1 nitrogen and oxygen atoms in total. The van der Waals surface area contributed by atoms with E-state index >= 15 is 0 Å². The van der Waals surface area contributed by atoms with Crippen LogP contribution in [0.15, 0.2) is 110 Å². The maximum atomic E-state index is 3.85. The van der Waals surface area contributed by atoms with Gasteiger partial charge in [-0.05, 0) is 47.5 Å². The topological polar surface area (TPSA) is 4.93 Å². The lowest BCUT2D eigenvalue weighted by Gasteiger charge is -2.10. The van der Waals surface area contributed by atoms with E-state index in [-0.39, 0.29) is 0 Å². The minimum atomic E-state index is 1.21. The highest BCUT2D eigenvalue weighted by Crippen LogP contribution is 2.48. The van der Waals surface area contributed by atoms with Gasteiger partial charge in [-0.15, -0.1) is 22.7 Å². The highest BCUT2D eigenvalue weighted by Gasteiger charge is 2.21. The van der Waals surface area contributed by atoms with Crippen LogP contribution in [0.2, 0.25) is 0 Å². The SMILES string of the molecule is C=C/C=C\c1c(C)sc2cc(-n3c4ccccc4c4c5ccccc5c5c6ccccc6sc5c43)ccc12. The van der Waals surface area contributed by atoms with Crippen LogP contribution in [0.3, 0.4) is 0 Å². The number of benzene rings is 5. The lowest BCUT2D eigenvalue weighted by atomic mass is 9.99. The quantitative estimate of drug-likeness (QED) is 0.204. The maximum Gasteiger partial charge on any atom is 0.0726 e. The summed E-state index contributed by atoms with van der Waals surface area (Å²) in [6, 6.07) is 33.6. The number of hydrogen-bond acceptors (Lipinski definition) is 2. The molecule has 0 saturated heterocycles. The first-order chi connectivity index (χ1) is 18.7. The van der Waals surface area contributed by atoms with Crippen molar-refractivity contribution in [1.29, 1.82) is 0 Å². The van der Waals surface area contributed by atoms with Crippen molar-refractivity contribution in [3.63, 3.8) is 0 Å². The van der Waals surface area contributed by atoms with E-state index in [9.17, 15) is 0 Å². The molecule has 0 fully saturated rings. The summed E-state index contributed by atoms with van der Waals surface area (Å²) in [4.78, 5) is 1.33. The van der Waals surface area contributed by atoms with Crippen molar-refractivity contribution in [2.45, 2.75) is 6.92 Å². The maximum absolute atomic E-state index is 3.85. The van der Waals surface area contributed by atoms with Crippen LogP contribution in [0.5, 0.6) is 0 Å². The Balaban J connectivity index is 1.58. The number of fused-ring (bicyclic) bond motifs is 11. The Morgan fingerprint density at radius 1 is 0.684 bits per heavy atom. The summed E-state index contributed by atoms with van der Waals surface area (Å²) < 4.78 is 6.50. The Kier molecular flexibility index (Phi) is 4.69. The van der Waals surface area contributed by atoms with Crippen molar-refractivity contribution in [2.75, 3.05) is 0 Å². The zero-order chi connectivity index (χ0) is 25.4. The first-order valence-corrected chi connectivity index (χ1v) is 14.5. The van der Waals surface area contributed by atoms with E-state index in [2.05, 4.69) is 115 Å². The largest absolute Gasteiger partial charge is 0.308 e. The van der Waals surface area contributed by atoms with E-state index in [1.807, 2.05) is 34.8 Å². The number of aryl methyl sites for hydroxylation is 1. The lowest BCUT2D eigenvalue weighted by molar-refractivity contribution is 1.20. The summed E-state index contributed by atoms with van der Waals surface area (Å²) in [5.41, 5.74) is 5.05. The van der Waals surface area contributed by atoms with E-state index < -0.39 is 0 Å². The van der Waals surface area contributed by atoms with Crippen molar-refractivity contribution in [2.24, 2.45) is 0 Å². The number of allylic oxidation sites excluding steroid dienone is 2. The van der Waals surface area contributed by atoms with Crippen LogP contribution in [-0.4, -0.2) is 4.57 Å². The normalized spacial score (nSPS) is 12.3. The molecule has 0 bridgehead atoms. The van der Waals surface area contributed by atoms with Crippen molar-refractivity contribution in [3.05, 3.63) is 120 Å². The molecule has 0 radical (unpaired) electrons. The Bertz CT molecular complexity index is 2270. The molecule has 0 saturated carbocycles. The van der Waals surface area contributed by atoms with Crippen LogP contribution in [0.1, 0.15) is 10.4 Å². The van der Waals surface area contributed by atoms with E-state index in [1.54, 1.807) is 0 Å². The van der Waals surface area contributed by atoms with Gasteiger partial charge in [-0.3, -0.25) is 0 Å². The van der Waals surface area contributed by atoms with Crippen LogP contribution >= 0.6 is 22.7 Å². The second-order valence-electron chi connectivity index (χ2n) is 9.77. The van der Waals surface area contributed by atoms with Gasteiger partial charge in [0.05, 0.1) is 15.7 Å². The summed E-state index contributed by atoms with van der Waals surface area (Å²) in [5.74, 6) is 0. The van der Waals surface area contributed by atoms with Crippen LogP contribution in [0.4, 0.5) is 0 Å². The average Bonchev–Trinajstić information content (AvgIpc) is 3.60. The molecule has 0 unspecified atom stereocenters. The number of para-hydroxylation sites is 1. The first kappa shape index (κ1) is 21.9. The van der Waals surface area contributed by atoms with Crippen molar-refractivity contribution in [3.8, 4) is 5.69 Å². The summed E-state index contributed by atoms with van der Waals surface area (Å²) in [7, 11) is 0. The number of hydrogen-bond donors (Lipinski definition) is 0. The van der Waals surface area contributed by atoms with Gasteiger partial charge in [0, 0.05) is 46.9 Å². The van der Waals surface area contributed by atoms with Gasteiger partial charge in [0.25, 0.3) is 0 Å². The number of thiophene rings is 2. The molecule has 0 N–H and O–H groups in total. The van der Waals surface area contributed by atoms with Crippen LogP contribution in [-0.2, 0) is 0 Å². The Labute approximate surface area is 228 Å². The molecule has 5 aromatic carbocycles. The third-order valence-electron chi connectivity index (χ3n) is 7.71. The van der Waals surface area contributed by atoms with Crippen LogP contribution < -0.4 is 0 Å². The van der Waals surface area contributed by atoms with Gasteiger partial charge in [0.1, 0.15) is 0 Å². The molecular formula is C35H23NS2. The minimum Gasteiger partial charge on any atom is -0.308 e. The second-order valence-corrected chi connectivity index (χ2v) is 12.1. The molecule has 38 heavy (non-hydrogen) atoms. The number of nitrogens with zero attached hydrogens (tertiary/aromatic N) is 1. The molecule has 3 aromatic heterocycles. The fourth-order valence-electron chi connectivity index (χ4n) is 6.13. The second kappa shape index (κ2) is 8.16. The molecule has 180 valence electrons. The van der Waals surface area contributed by atoms with Gasteiger partial charge in [0.15, 0.2) is 0 Å². The molecule has 0 spiro atoms. The fourth-order valence-corrected chi connectivity index (χ4v) is 8.48. The molecule has 8 aromatic rings. The zero-order valence-electron chi connectivity index (χ0n) is 20.9. The Morgan fingerprint density at radius 3 is 2.21 bits per heavy atom. The van der Waals surface area contributed by atoms with Crippen molar-refractivity contribution >= 4 is 91.6 Å². The predicted molar refractivity (Wildman–Crippen MR) is 171 cm³/mol. The third-order valence-corrected chi connectivity index (χ3v) is 9.97. The van der Waals surface area contributed by atoms with E-state index in [4.69, 9.17) is 0 Å². The molecule has 0 amide bonds. The van der Waals surface area contributed by atoms with Gasteiger partial charge in [-0.25, -0.2) is 0 Å². The molecule has 0 aliphatic rings. The van der Waals surface area contributed by atoms with Crippen LogP contribution in [0, 0.1) is 6.92 Å². The Morgan fingerprint density at radius 2 is 1.39 bits per heavy atom. The predicted octanol–water partition coefficient (Wildman–Crippen LogP) is 11.0. The fraction of sp³-hybridized carbons (Fsp3) is 0.0286. The highest BCUT2D eigenvalue weighted by atomic mass is 32.1. The summed E-state index contributed by atoms with van der Waals surface area (Å²) in [6.45, 7) is 6.06. The molecule has 0 aliphatic heterocycles. The van der Waals surface area contributed by atoms with Gasteiger partial charge >= 0.3 is 0 Å². The minimum absolute atomic E-state index is 1.21. The van der Waals surface area contributed by atoms with Gasteiger partial charge in [-0.2, -0.15) is 0 Å².